The lowest BCUT2D eigenvalue weighted by Crippen LogP contribution is -2.44. The van der Waals surface area contributed by atoms with Crippen molar-refractivity contribution in [3.63, 3.8) is 0 Å². The molecular formula is C49H62N2O10S2. The molecule has 0 saturated carbocycles. The molecule has 12 nitrogen and oxygen atoms in total. The number of hydrogen-bond acceptors (Lipinski definition) is 14. The lowest BCUT2D eigenvalue weighted by molar-refractivity contribution is -0.114. The van der Waals surface area contributed by atoms with Crippen LogP contribution in [0.15, 0.2) is 82.4 Å². The van der Waals surface area contributed by atoms with E-state index in [4.69, 9.17) is 18.9 Å². The second-order valence-corrected chi connectivity index (χ2v) is 20.1. The number of ether oxygens (including phenoxy) is 4. The summed E-state index contributed by atoms with van der Waals surface area (Å²) in [6.07, 6.45) is -2.60. The number of aliphatic hydroxyl groups excluding tert-OH is 4. The lowest BCUT2D eigenvalue weighted by atomic mass is 10.0. The fourth-order valence-corrected chi connectivity index (χ4v) is 9.90. The Morgan fingerprint density at radius 2 is 1.06 bits per heavy atom. The average Bonchev–Trinajstić information content (AvgIpc) is 3.22. The number of hydrogen-bond donors (Lipinski definition) is 4. The van der Waals surface area contributed by atoms with Crippen molar-refractivity contribution in [1.29, 1.82) is 0 Å². The van der Waals surface area contributed by atoms with Gasteiger partial charge in [0.05, 0.1) is 30.5 Å². The lowest BCUT2D eigenvalue weighted by Gasteiger charge is -2.34. The Bertz CT molecular complexity index is 2630. The second kappa shape index (κ2) is 20.8. The van der Waals surface area contributed by atoms with Gasteiger partial charge in [0.15, 0.2) is 10.9 Å². The zero-order valence-electron chi connectivity index (χ0n) is 37.6. The molecule has 340 valence electrons. The van der Waals surface area contributed by atoms with Gasteiger partial charge in [0.2, 0.25) is 0 Å². The van der Waals surface area contributed by atoms with Crippen molar-refractivity contribution in [2.24, 2.45) is 0 Å². The summed E-state index contributed by atoms with van der Waals surface area (Å²) in [5.41, 5.74) is 0.485. The summed E-state index contributed by atoms with van der Waals surface area (Å²) in [5, 5.41) is 45.9. The molecule has 0 fully saturated rings. The van der Waals surface area contributed by atoms with E-state index >= 15 is 0 Å². The van der Waals surface area contributed by atoms with E-state index in [1.165, 1.54) is 0 Å². The zero-order valence-corrected chi connectivity index (χ0v) is 39.2. The average molecular weight is 903 g/mol. The highest BCUT2D eigenvalue weighted by Crippen LogP contribution is 2.32. The number of fused-ring (bicyclic) bond motifs is 4. The van der Waals surface area contributed by atoms with Crippen LogP contribution in [-0.2, 0) is 9.47 Å². The van der Waals surface area contributed by atoms with Crippen molar-refractivity contribution in [2.45, 2.75) is 90.1 Å². The van der Waals surface area contributed by atoms with Crippen molar-refractivity contribution in [1.82, 2.24) is 9.80 Å². The monoisotopic (exact) mass is 902 g/mol. The zero-order chi connectivity index (χ0) is 45.6. The third kappa shape index (κ3) is 12.8. The van der Waals surface area contributed by atoms with Crippen molar-refractivity contribution in [3.8, 4) is 11.5 Å². The Labute approximate surface area is 376 Å². The van der Waals surface area contributed by atoms with Gasteiger partial charge in [0.25, 0.3) is 0 Å². The predicted octanol–water partition coefficient (Wildman–Crippen LogP) is 6.85. The summed E-state index contributed by atoms with van der Waals surface area (Å²) in [7, 11) is 3.54. The first-order chi connectivity index (χ1) is 29.8. The summed E-state index contributed by atoms with van der Waals surface area (Å²) in [6.45, 7) is 12.7. The molecule has 4 N–H and O–H groups in total. The molecule has 0 aliphatic rings. The Balaban J connectivity index is 0.876. The molecule has 4 atom stereocenters. The summed E-state index contributed by atoms with van der Waals surface area (Å²) < 4.78 is 27.9. The van der Waals surface area contributed by atoms with E-state index in [0.717, 1.165) is 29.9 Å². The smallest absolute Gasteiger partial charge is 0.196 e. The van der Waals surface area contributed by atoms with E-state index < -0.39 is 35.7 Å². The normalized spacial score (nSPS) is 14.6. The van der Waals surface area contributed by atoms with Crippen molar-refractivity contribution >= 4 is 63.0 Å². The third-order valence-electron chi connectivity index (χ3n) is 11.1. The molecule has 2 heterocycles. The predicted molar refractivity (Wildman–Crippen MR) is 255 cm³/mol. The molecule has 0 aliphatic carbocycles. The maximum absolute atomic E-state index is 13.2. The maximum atomic E-state index is 13.2. The first kappa shape index (κ1) is 48.4. The fraction of sp³-hybridized carbons (Fsp3) is 0.469. The number of aryl methyl sites for hydroxylation is 2. The van der Waals surface area contributed by atoms with Crippen LogP contribution in [0.1, 0.15) is 51.7 Å². The minimum atomic E-state index is -0.897. The molecule has 63 heavy (non-hydrogen) atoms. The Morgan fingerprint density at radius 1 is 0.603 bits per heavy atom. The van der Waals surface area contributed by atoms with Crippen LogP contribution in [0, 0.1) is 13.8 Å². The van der Waals surface area contributed by atoms with Crippen molar-refractivity contribution in [2.75, 3.05) is 60.2 Å². The summed E-state index contributed by atoms with van der Waals surface area (Å²) in [4.78, 5) is 29.9. The highest BCUT2D eigenvalue weighted by atomic mass is 32.1. The highest BCUT2D eigenvalue weighted by Gasteiger charge is 2.28. The van der Waals surface area contributed by atoms with Gasteiger partial charge in [-0.2, -0.15) is 0 Å². The molecule has 0 aliphatic heterocycles. The van der Waals surface area contributed by atoms with Gasteiger partial charge in [-0.25, -0.2) is 0 Å². The van der Waals surface area contributed by atoms with E-state index in [2.05, 4.69) is 0 Å². The van der Waals surface area contributed by atoms with Gasteiger partial charge in [-0.1, -0.05) is 24.3 Å². The van der Waals surface area contributed by atoms with Gasteiger partial charge >= 0.3 is 0 Å². The number of nitrogens with zero attached hydrogens (tertiary/aromatic N) is 2. The molecule has 2 aromatic heterocycles. The standard InChI is InChI=1S/C49H62N2O10S2/c1-30-19-35(21-39-44(56)37-13-9-11-15-41(37)62-46(30)39)58-27-32(52)24-50(7)25-33(53)29-61-48(3,4)17-18-60-49(5,6)23-43(55)51(8)26-34(54)28-59-36-20-31(2)47-40(22-36)45(57)38-14-10-12-16-42(38)63-47/h9-16,19-22,32-34,43,52-55H,17-18,23-29H2,1-8H3. The van der Waals surface area contributed by atoms with Gasteiger partial charge in [0, 0.05) is 66.4 Å². The topological polar surface area (TPSA) is 158 Å². The maximum Gasteiger partial charge on any atom is 0.196 e. The summed E-state index contributed by atoms with van der Waals surface area (Å²) in [6, 6.07) is 22.4. The van der Waals surface area contributed by atoms with Gasteiger partial charge in [-0.15, -0.1) is 22.7 Å². The van der Waals surface area contributed by atoms with Gasteiger partial charge in [-0.05, 0) is 122 Å². The summed E-state index contributed by atoms with van der Waals surface area (Å²) in [5.74, 6) is 1.03. The van der Waals surface area contributed by atoms with Crippen LogP contribution in [0.4, 0.5) is 0 Å². The van der Waals surface area contributed by atoms with E-state index in [0.29, 0.717) is 46.1 Å². The molecule has 6 aromatic rings. The van der Waals surface area contributed by atoms with Crippen LogP contribution in [0.25, 0.3) is 40.3 Å². The SMILES string of the molecule is Cc1cc(OCC(O)CN(C)CC(O)COC(C)(C)CCOC(C)(C)CC(O)N(C)CC(O)COc2cc(C)c3sc4ccccc4c(=O)c3c2)cc2c(=O)c3ccccc3sc12. The number of aliphatic hydroxyl groups is 4. The van der Waals surface area contributed by atoms with Crippen molar-refractivity contribution in [3.05, 3.63) is 104 Å². The van der Waals surface area contributed by atoms with Crippen LogP contribution >= 0.6 is 22.7 Å². The largest absolute Gasteiger partial charge is 0.491 e. The molecule has 0 spiro atoms. The van der Waals surface area contributed by atoms with Crippen LogP contribution in [0.3, 0.4) is 0 Å². The first-order valence-electron chi connectivity index (χ1n) is 21.4. The Hall–Kier alpha value is -4.06. The molecule has 6 rings (SSSR count). The van der Waals surface area contributed by atoms with Crippen LogP contribution in [-0.4, -0.2) is 126 Å². The van der Waals surface area contributed by atoms with E-state index in [1.54, 1.807) is 46.8 Å². The van der Waals surface area contributed by atoms with Crippen LogP contribution in [0.5, 0.6) is 11.5 Å². The molecule has 4 unspecified atom stereocenters. The Morgan fingerprint density at radius 3 is 1.57 bits per heavy atom. The minimum Gasteiger partial charge on any atom is -0.491 e. The van der Waals surface area contributed by atoms with E-state index in [1.807, 2.05) is 114 Å². The summed E-state index contributed by atoms with van der Waals surface area (Å²) >= 11 is 3.15. The quantitative estimate of drug-likeness (QED) is 0.0416. The number of benzene rings is 4. The molecular weight excluding hydrogens is 841 g/mol. The van der Waals surface area contributed by atoms with Gasteiger partial charge in [-0.3, -0.25) is 14.5 Å². The molecule has 0 bridgehead atoms. The number of likely N-dealkylation sites (N-methyl/N-ethyl adjacent to an activating group) is 2. The fourth-order valence-electron chi connectivity index (χ4n) is 7.67. The van der Waals surface area contributed by atoms with Crippen LogP contribution in [0.2, 0.25) is 0 Å². The van der Waals surface area contributed by atoms with E-state index in [9.17, 15) is 30.0 Å². The molecule has 4 aromatic carbocycles. The Kier molecular flexibility index (Phi) is 16.0. The van der Waals surface area contributed by atoms with Crippen molar-refractivity contribution < 1.29 is 39.4 Å². The molecule has 0 saturated heterocycles. The van der Waals surface area contributed by atoms with E-state index in [-0.39, 0.29) is 56.7 Å². The molecule has 0 amide bonds. The minimum absolute atomic E-state index is 0.0131. The van der Waals surface area contributed by atoms with Crippen LogP contribution < -0.4 is 20.3 Å². The third-order valence-corrected chi connectivity index (χ3v) is 13.8. The molecule has 14 heteroatoms. The van der Waals surface area contributed by atoms with Gasteiger partial charge in [0.1, 0.15) is 43.1 Å². The molecule has 0 radical (unpaired) electrons. The highest BCUT2D eigenvalue weighted by molar-refractivity contribution is 7.25. The first-order valence-corrected chi connectivity index (χ1v) is 23.0. The second-order valence-electron chi connectivity index (χ2n) is 17.9. The number of rotatable bonds is 22. The van der Waals surface area contributed by atoms with Gasteiger partial charge < -0.3 is 44.3 Å².